The summed E-state index contributed by atoms with van der Waals surface area (Å²) >= 11 is 1.57. The molecule has 0 amide bonds. The number of ketones is 1. The highest BCUT2D eigenvalue weighted by Gasteiger charge is 2.06. The summed E-state index contributed by atoms with van der Waals surface area (Å²) in [7, 11) is 0. The van der Waals surface area contributed by atoms with Crippen molar-refractivity contribution in [2.75, 3.05) is 5.73 Å². The zero-order valence-corrected chi connectivity index (χ0v) is 12.0. The van der Waals surface area contributed by atoms with Crippen LogP contribution >= 0.6 is 11.3 Å². The molecule has 0 radical (unpaired) electrons. The number of carbonyl (C=O) groups is 1. The normalized spacial score (nSPS) is 11.0. The fourth-order valence-corrected chi connectivity index (χ4v) is 2.84. The van der Waals surface area contributed by atoms with Gasteiger partial charge in [-0.15, -0.1) is 11.3 Å². The van der Waals surface area contributed by atoms with Gasteiger partial charge in [0.25, 0.3) is 0 Å². The van der Waals surface area contributed by atoms with Gasteiger partial charge in [0.15, 0.2) is 5.78 Å². The monoisotopic (exact) mass is 295 g/mol. The number of para-hydroxylation sites is 1. The Kier molecular flexibility index (Phi) is 3.71. The number of nitrogens with two attached hydrogens (primary N) is 1. The summed E-state index contributed by atoms with van der Waals surface area (Å²) in [4.78, 5) is 14.1. The molecule has 0 bridgehead atoms. The SMILES string of the molecule is Nc1ccccc1C(=O)/C=C/c1ccc(-c2ccco2)s1. The molecule has 0 saturated carbocycles. The molecule has 104 valence electrons. The zero-order valence-electron chi connectivity index (χ0n) is 11.2. The molecular weight excluding hydrogens is 282 g/mol. The quantitative estimate of drug-likeness (QED) is 0.438. The van der Waals surface area contributed by atoms with E-state index in [1.54, 1.807) is 48.0 Å². The lowest BCUT2D eigenvalue weighted by Gasteiger charge is -1.99. The fraction of sp³-hybridized carbons (Fsp3) is 0. The van der Waals surface area contributed by atoms with E-state index in [9.17, 15) is 4.79 Å². The maximum Gasteiger partial charge on any atom is 0.187 e. The van der Waals surface area contributed by atoms with Crippen molar-refractivity contribution in [1.82, 2.24) is 0 Å². The van der Waals surface area contributed by atoms with Crippen LogP contribution in [0.1, 0.15) is 15.2 Å². The molecule has 3 nitrogen and oxygen atoms in total. The number of rotatable bonds is 4. The van der Waals surface area contributed by atoms with Gasteiger partial charge < -0.3 is 10.2 Å². The molecule has 2 heterocycles. The average Bonchev–Trinajstić information content (AvgIpc) is 3.16. The summed E-state index contributed by atoms with van der Waals surface area (Å²) in [6, 6.07) is 14.8. The highest BCUT2D eigenvalue weighted by atomic mass is 32.1. The standard InChI is InChI=1S/C17H13NO2S/c18-14-5-2-1-4-13(14)15(19)9-7-12-8-10-17(21-12)16-6-3-11-20-16/h1-11H,18H2/b9-7+. The Morgan fingerprint density at radius 1 is 1.10 bits per heavy atom. The largest absolute Gasteiger partial charge is 0.464 e. The Bertz CT molecular complexity index is 785. The van der Waals surface area contributed by atoms with Gasteiger partial charge in [0.05, 0.1) is 11.1 Å². The van der Waals surface area contributed by atoms with Crippen molar-refractivity contribution in [2.45, 2.75) is 0 Å². The molecule has 1 aromatic carbocycles. The van der Waals surface area contributed by atoms with Crippen LogP contribution in [-0.4, -0.2) is 5.78 Å². The lowest BCUT2D eigenvalue weighted by Crippen LogP contribution is -1.99. The van der Waals surface area contributed by atoms with E-state index < -0.39 is 0 Å². The summed E-state index contributed by atoms with van der Waals surface area (Å²) < 4.78 is 5.35. The lowest BCUT2D eigenvalue weighted by atomic mass is 10.1. The minimum Gasteiger partial charge on any atom is -0.464 e. The van der Waals surface area contributed by atoms with E-state index in [4.69, 9.17) is 10.2 Å². The summed E-state index contributed by atoms with van der Waals surface area (Å²) in [5.74, 6) is 0.735. The van der Waals surface area contributed by atoms with Crippen LogP contribution in [-0.2, 0) is 0 Å². The Balaban J connectivity index is 1.78. The number of carbonyl (C=O) groups excluding carboxylic acids is 1. The summed E-state index contributed by atoms with van der Waals surface area (Å²) in [5.41, 5.74) is 6.81. The molecule has 2 N–H and O–H groups in total. The van der Waals surface area contributed by atoms with Gasteiger partial charge in [-0.25, -0.2) is 0 Å². The van der Waals surface area contributed by atoms with Crippen molar-refractivity contribution >= 4 is 28.9 Å². The Labute approximate surface area is 126 Å². The van der Waals surface area contributed by atoms with Crippen molar-refractivity contribution in [2.24, 2.45) is 0 Å². The Morgan fingerprint density at radius 3 is 2.71 bits per heavy atom. The Morgan fingerprint density at radius 2 is 1.95 bits per heavy atom. The first kappa shape index (κ1) is 13.4. The molecule has 3 aromatic rings. The lowest BCUT2D eigenvalue weighted by molar-refractivity contribution is 0.104. The van der Waals surface area contributed by atoms with Gasteiger partial charge in [0.1, 0.15) is 5.76 Å². The van der Waals surface area contributed by atoms with Gasteiger partial charge in [0.2, 0.25) is 0 Å². The van der Waals surface area contributed by atoms with Crippen LogP contribution in [0.15, 0.2) is 65.3 Å². The van der Waals surface area contributed by atoms with E-state index >= 15 is 0 Å². The molecule has 0 spiro atoms. The van der Waals surface area contributed by atoms with Crippen molar-refractivity contribution in [3.05, 3.63) is 71.3 Å². The number of allylic oxidation sites excluding steroid dienone is 1. The number of anilines is 1. The number of hydrogen-bond donors (Lipinski definition) is 1. The van der Waals surface area contributed by atoms with Crippen LogP contribution in [0.3, 0.4) is 0 Å². The van der Waals surface area contributed by atoms with E-state index in [0.29, 0.717) is 11.3 Å². The van der Waals surface area contributed by atoms with Crippen molar-refractivity contribution in [3.8, 4) is 10.6 Å². The highest BCUT2D eigenvalue weighted by molar-refractivity contribution is 7.16. The maximum atomic E-state index is 12.1. The van der Waals surface area contributed by atoms with Gasteiger partial charge in [-0.3, -0.25) is 4.79 Å². The molecule has 4 heteroatoms. The van der Waals surface area contributed by atoms with Crippen molar-refractivity contribution in [3.63, 3.8) is 0 Å². The molecule has 0 aliphatic heterocycles. The fourth-order valence-electron chi connectivity index (χ4n) is 1.96. The number of benzene rings is 1. The molecule has 0 atom stereocenters. The first-order chi connectivity index (χ1) is 10.2. The van der Waals surface area contributed by atoms with E-state index in [1.807, 2.05) is 30.3 Å². The number of thiophene rings is 1. The second-order valence-electron chi connectivity index (χ2n) is 4.46. The molecule has 0 unspecified atom stereocenters. The molecular formula is C17H13NO2S. The smallest absolute Gasteiger partial charge is 0.187 e. The highest BCUT2D eigenvalue weighted by Crippen LogP contribution is 2.29. The van der Waals surface area contributed by atoms with E-state index in [-0.39, 0.29) is 5.78 Å². The molecule has 0 aliphatic rings. The van der Waals surface area contributed by atoms with Crippen LogP contribution in [0.4, 0.5) is 5.69 Å². The molecule has 21 heavy (non-hydrogen) atoms. The van der Waals surface area contributed by atoms with Gasteiger partial charge in [0, 0.05) is 16.1 Å². The summed E-state index contributed by atoms with van der Waals surface area (Å²) in [6.07, 6.45) is 4.99. The predicted octanol–water partition coefficient (Wildman–Crippen LogP) is 4.49. The maximum absolute atomic E-state index is 12.1. The second kappa shape index (κ2) is 5.81. The molecule has 3 rings (SSSR count). The number of furan rings is 1. The van der Waals surface area contributed by atoms with E-state index in [2.05, 4.69) is 0 Å². The van der Waals surface area contributed by atoms with Crippen LogP contribution in [0.2, 0.25) is 0 Å². The summed E-state index contributed by atoms with van der Waals surface area (Å²) in [5, 5.41) is 0. The zero-order chi connectivity index (χ0) is 14.7. The third-order valence-corrected chi connectivity index (χ3v) is 4.08. The van der Waals surface area contributed by atoms with Gasteiger partial charge in [-0.1, -0.05) is 12.1 Å². The summed E-state index contributed by atoms with van der Waals surface area (Å²) in [6.45, 7) is 0. The first-order valence-corrected chi connectivity index (χ1v) is 7.26. The molecule has 0 fully saturated rings. The number of nitrogen functional groups attached to an aromatic ring is 1. The number of hydrogen-bond acceptors (Lipinski definition) is 4. The molecule has 2 aromatic heterocycles. The topological polar surface area (TPSA) is 56.2 Å². The van der Waals surface area contributed by atoms with Crippen LogP contribution in [0, 0.1) is 0 Å². The second-order valence-corrected chi connectivity index (χ2v) is 5.58. The molecule has 0 saturated heterocycles. The third-order valence-electron chi connectivity index (χ3n) is 3.02. The van der Waals surface area contributed by atoms with Crippen LogP contribution in [0.5, 0.6) is 0 Å². The van der Waals surface area contributed by atoms with E-state index in [0.717, 1.165) is 15.5 Å². The minimum atomic E-state index is -0.0963. The first-order valence-electron chi connectivity index (χ1n) is 6.44. The van der Waals surface area contributed by atoms with Crippen molar-refractivity contribution < 1.29 is 9.21 Å². The van der Waals surface area contributed by atoms with Crippen LogP contribution in [0.25, 0.3) is 16.7 Å². The van der Waals surface area contributed by atoms with E-state index in [1.165, 1.54) is 0 Å². The average molecular weight is 295 g/mol. The predicted molar refractivity (Wildman–Crippen MR) is 86.2 cm³/mol. The van der Waals surface area contributed by atoms with Gasteiger partial charge >= 0.3 is 0 Å². The molecule has 0 aliphatic carbocycles. The van der Waals surface area contributed by atoms with Gasteiger partial charge in [-0.2, -0.15) is 0 Å². The van der Waals surface area contributed by atoms with Gasteiger partial charge in [-0.05, 0) is 48.6 Å². The van der Waals surface area contributed by atoms with Crippen molar-refractivity contribution in [1.29, 1.82) is 0 Å². The van der Waals surface area contributed by atoms with Crippen LogP contribution < -0.4 is 5.73 Å². The Hall–Kier alpha value is -2.59. The third kappa shape index (κ3) is 2.95. The minimum absolute atomic E-state index is 0.0963.